The zero-order chi connectivity index (χ0) is 15.7. The maximum atomic E-state index is 11.3. The summed E-state index contributed by atoms with van der Waals surface area (Å²) < 4.78 is 0. The first-order valence-electron chi connectivity index (χ1n) is 6.44. The van der Waals surface area contributed by atoms with E-state index in [0.29, 0.717) is 11.4 Å². The lowest BCUT2D eigenvalue weighted by molar-refractivity contribution is 0.268. The van der Waals surface area contributed by atoms with Crippen molar-refractivity contribution in [2.45, 2.75) is 0 Å². The van der Waals surface area contributed by atoms with Crippen molar-refractivity contribution in [2.24, 2.45) is 0 Å². The summed E-state index contributed by atoms with van der Waals surface area (Å²) >= 11 is 11.0. The smallest absolute Gasteiger partial charge is 0.311 e. The van der Waals surface area contributed by atoms with Crippen LogP contribution in [0.4, 0.5) is 21.0 Å². The third-order valence-corrected chi connectivity index (χ3v) is 3.57. The molecule has 0 aliphatic rings. The molecule has 0 spiro atoms. The van der Waals surface area contributed by atoms with Crippen LogP contribution in [0.1, 0.15) is 0 Å². The minimum Gasteiger partial charge on any atom is -0.311 e. The van der Waals surface area contributed by atoms with Gasteiger partial charge in [0.25, 0.3) is 0 Å². The number of amides is 2. The first-order valence-corrected chi connectivity index (χ1v) is 7.20. The van der Waals surface area contributed by atoms with Crippen molar-refractivity contribution in [2.75, 3.05) is 10.6 Å². The van der Waals surface area contributed by atoms with Gasteiger partial charge in [0.2, 0.25) is 0 Å². The molecule has 0 fully saturated rings. The van der Waals surface area contributed by atoms with Crippen LogP contribution < -0.4 is 10.6 Å². The summed E-state index contributed by atoms with van der Waals surface area (Å²) in [6.45, 7) is 0. The average molecular weight is 333 g/mol. The van der Waals surface area contributed by atoms with Gasteiger partial charge < -0.3 is 10.6 Å². The zero-order valence-electron chi connectivity index (χ0n) is 11.2. The van der Waals surface area contributed by atoms with Crippen molar-refractivity contribution in [1.29, 1.82) is 0 Å². The highest BCUT2D eigenvalue weighted by molar-refractivity contribution is 6.66. The molecule has 0 aliphatic carbocycles. The van der Waals surface area contributed by atoms with E-state index < -0.39 is 10.7 Å². The van der Waals surface area contributed by atoms with Crippen molar-refractivity contribution in [3.63, 3.8) is 0 Å². The fourth-order valence-electron chi connectivity index (χ4n) is 2.59. The van der Waals surface area contributed by atoms with E-state index >= 15 is 0 Å². The minimum absolute atomic E-state index is 0.596. The van der Waals surface area contributed by atoms with E-state index in [2.05, 4.69) is 10.6 Å². The molecule has 0 saturated carbocycles. The first kappa shape index (κ1) is 14.6. The van der Waals surface area contributed by atoms with Gasteiger partial charge in [-0.3, -0.25) is 9.59 Å². The highest BCUT2D eigenvalue weighted by Crippen LogP contribution is 2.40. The van der Waals surface area contributed by atoms with Gasteiger partial charge in [-0.2, -0.15) is 0 Å². The molecule has 2 N–H and O–H groups in total. The Balaban J connectivity index is 2.47. The van der Waals surface area contributed by atoms with Crippen molar-refractivity contribution >= 4 is 66.9 Å². The molecule has 0 atom stereocenters. The molecule has 2 amide bonds. The van der Waals surface area contributed by atoms with E-state index in [0.717, 1.165) is 21.5 Å². The Kier molecular flexibility index (Phi) is 3.88. The summed E-state index contributed by atoms with van der Waals surface area (Å²) in [6, 6.07) is 14.7. The van der Waals surface area contributed by atoms with E-state index in [4.69, 9.17) is 23.2 Å². The zero-order valence-corrected chi connectivity index (χ0v) is 12.7. The summed E-state index contributed by atoms with van der Waals surface area (Å²) in [5.41, 5.74) is 1.19. The number of nitrogens with one attached hydrogen (secondary N) is 2. The minimum atomic E-state index is -0.676. The molecule has 22 heavy (non-hydrogen) atoms. The largest absolute Gasteiger partial charge is 0.318 e. The molecule has 3 aromatic carbocycles. The highest BCUT2D eigenvalue weighted by Gasteiger charge is 2.15. The van der Waals surface area contributed by atoms with Crippen LogP contribution in [0.25, 0.3) is 21.5 Å². The molecule has 0 aromatic heterocycles. The number of hydrogen-bond donors (Lipinski definition) is 2. The Hall–Kier alpha value is -2.30. The average Bonchev–Trinajstić information content (AvgIpc) is 2.50. The fourth-order valence-corrected chi connectivity index (χ4v) is 2.78. The van der Waals surface area contributed by atoms with Gasteiger partial charge in [0.1, 0.15) is 0 Å². The Morgan fingerprint density at radius 3 is 1.14 bits per heavy atom. The second kappa shape index (κ2) is 5.83. The molecule has 3 rings (SSSR count). The molecule has 6 heteroatoms. The number of carbonyl (C=O) groups is 2. The van der Waals surface area contributed by atoms with Gasteiger partial charge in [0.15, 0.2) is 0 Å². The number of hydrogen-bond acceptors (Lipinski definition) is 2. The van der Waals surface area contributed by atoms with Crippen LogP contribution in [0.15, 0.2) is 48.5 Å². The fraction of sp³-hybridized carbons (Fsp3) is 0. The highest BCUT2D eigenvalue weighted by atomic mass is 35.5. The number of benzene rings is 3. The lowest BCUT2D eigenvalue weighted by atomic mass is 9.98. The Morgan fingerprint density at radius 2 is 0.909 bits per heavy atom. The summed E-state index contributed by atoms with van der Waals surface area (Å²) in [7, 11) is 0. The maximum Gasteiger partial charge on any atom is 0.318 e. The molecule has 3 aromatic rings. The lowest BCUT2D eigenvalue weighted by Gasteiger charge is -2.16. The molecule has 110 valence electrons. The van der Waals surface area contributed by atoms with Crippen molar-refractivity contribution < 1.29 is 9.59 Å². The second-order valence-electron chi connectivity index (χ2n) is 4.64. The summed E-state index contributed by atoms with van der Waals surface area (Å²) in [6.07, 6.45) is 0. The van der Waals surface area contributed by atoms with Gasteiger partial charge in [-0.05, 0) is 23.2 Å². The first-order chi connectivity index (χ1) is 10.6. The topological polar surface area (TPSA) is 58.2 Å². The third kappa shape index (κ3) is 2.58. The van der Waals surface area contributed by atoms with Gasteiger partial charge in [-0.1, -0.05) is 48.5 Å². The SMILES string of the molecule is O=C(Cl)Nc1c2ccccc2c(NC(=O)Cl)c2ccccc12. The van der Waals surface area contributed by atoms with Crippen molar-refractivity contribution in [3.8, 4) is 0 Å². The van der Waals surface area contributed by atoms with Crippen LogP contribution in [0.2, 0.25) is 0 Å². The number of fused-ring (bicyclic) bond motifs is 2. The van der Waals surface area contributed by atoms with Crippen molar-refractivity contribution in [3.05, 3.63) is 48.5 Å². The Bertz CT molecular complexity index is 778. The third-order valence-electron chi connectivity index (χ3n) is 3.38. The Labute approximate surface area is 136 Å². The van der Waals surface area contributed by atoms with E-state index in [1.165, 1.54) is 0 Å². The summed E-state index contributed by atoms with van der Waals surface area (Å²) in [5, 5.41) is 6.99. The van der Waals surface area contributed by atoms with Gasteiger partial charge in [-0.15, -0.1) is 0 Å². The maximum absolute atomic E-state index is 11.3. The van der Waals surface area contributed by atoms with E-state index in [9.17, 15) is 9.59 Å². The van der Waals surface area contributed by atoms with Crippen LogP contribution >= 0.6 is 23.2 Å². The monoisotopic (exact) mass is 332 g/mol. The van der Waals surface area contributed by atoms with Crippen molar-refractivity contribution in [1.82, 2.24) is 0 Å². The normalized spacial score (nSPS) is 10.6. The van der Waals surface area contributed by atoms with Gasteiger partial charge in [-0.25, -0.2) is 0 Å². The summed E-state index contributed by atoms with van der Waals surface area (Å²) in [5.74, 6) is 0. The van der Waals surface area contributed by atoms with Crippen LogP contribution in [-0.4, -0.2) is 10.7 Å². The summed E-state index contributed by atoms with van der Waals surface area (Å²) in [4.78, 5) is 22.7. The van der Waals surface area contributed by atoms with Crippen LogP contribution in [0.3, 0.4) is 0 Å². The quantitative estimate of drug-likeness (QED) is 0.280. The van der Waals surface area contributed by atoms with E-state index in [1.54, 1.807) is 0 Å². The predicted molar refractivity (Wildman–Crippen MR) is 91.2 cm³/mol. The molecular formula is C16H10Cl2N2O2. The molecule has 0 unspecified atom stereocenters. The molecule has 0 saturated heterocycles. The van der Waals surface area contributed by atoms with Gasteiger partial charge in [0.05, 0.1) is 11.4 Å². The number of carbonyl (C=O) groups excluding carboxylic acids is 2. The number of rotatable bonds is 2. The molecular weight excluding hydrogens is 323 g/mol. The molecule has 0 aliphatic heterocycles. The van der Waals surface area contributed by atoms with Gasteiger partial charge in [0, 0.05) is 21.5 Å². The molecule has 4 nitrogen and oxygen atoms in total. The molecule has 0 heterocycles. The number of halogens is 2. The van der Waals surface area contributed by atoms with Gasteiger partial charge >= 0.3 is 10.7 Å². The Morgan fingerprint density at radius 1 is 0.636 bits per heavy atom. The lowest BCUT2D eigenvalue weighted by Crippen LogP contribution is -2.06. The molecule has 0 bridgehead atoms. The predicted octanol–water partition coefficient (Wildman–Crippen LogP) is 5.53. The van der Waals surface area contributed by atoms with Crippen LogP contribution in [0.5, 0.6) is 0 Å². The number of anilines is 2. The van der Waals surface area contributed by atoms with E-state index in [1.807, 2.05) is 48.5 Å². The van der Waals surface area contributed by atoms with E-state index in [-0.39, 0.29) is 0 Å². The second-order valence-corrected chi connectivity index (χ2v) is 5.33. The van der Waals surface area contributed by atoms with Crippen LogP contribution in [-0.2, 0) is 0 Å². The van der Waals surface area contributed by atoms with Crippen LogP contribution in [0, 0.1) is 0 Å². The standard InChI is InChI=1S/C16H10Cl2N2O2/c17-15(21)19-13-9-5-1-2-6-10(9)14(20-16(18)22)12-8-4-3-7-11(12)13/h1-8H,(H,19,21)(H,20,22). The molecule has 0 radical (unpaired) electrons.